The number of carbonyl (C=O) groups excluding carboxylic acids is 5. The number of benzene rings is 1. The van der Waals surface area contributed by atoms with Crippen molar-refractivity contribution >= 4 is 29.2 Å². The number of rotatable bonds is 2. The van der Waals surface area contributed by atoms with E-state index in [4.69, 9.17) is 18.9 Å². The Kier molecular flexibility index (Phi) is 11.2. The number of hydrogen-bond acceptors (Lipinski definition) is 12. The van der Waals surface area contributed by atoms with Gasteiger partial charge in [0.05, 0.1) is 47.0 Å². The highest BCUT2D eigenvalue weighted by molar-refractivity contribution is 6.30. The predicted molar refractivity (Wildman–Crippen MR) is 179 cm³/mol. The standard InChI is InChI=1S/C37H45NO12/c1-16-11-10-12-17(2)36(46)38-23-15-24(40)26-27(32(23)44)31(43)21(6)34-28(26)35(45)37(8,50-34)48-14-13-25(47-9)18(3)33(49-22(7)39)20(5)30(42)19(4)29(16)41/h10-16,18-20,25,29-30,33,41-43H,1-9H3,(H,38,46)/t16-,18+,19-,20+,25-,29-,30+,33+,37-/m0/s1. The molecule has 0 saturated heterocycles. The van der Waals surface area contributed by atoms with Crippen LogP contribution < -0.4 is 10.1 Å². The van der Waals surface area contributed by atoms with E-state index in [0.29, 0.717) is 0 Å². The van der Waals surface area contributed by atoms with Crippen molar-refractivity contribution in [2.24, 2.45) is 23.7 Å². The normalized spacial score (nSPS) is 32.1. The van der Waals surface area contributed by atoms with Crippen molar-refractivity contribution in [1.82, 2.24) is 5.32 Å². The fourth-order valence-corrected chi connectivity index (χ4v) is 6.62. The first-order valence-corrected chi connectivity index (χ1v) is 16.4. The molecule has 0 saturated carbocycles. The summed E-state index contributed by atoms with van der Waals surface area (Å²) in [5.74, 6) is -8.99. The number of phenolic OH excluding ortho intramolecular Hbond substituents is 1. The Balaban J connectivity index is 1.83. The van der Waals surface area contributed by atoms with Crippen LogP contribution in [-0.4, -0.2) is 81.9 Å². The molecule has 0 unspecified atom stereocenters. The number of ether oxygens (including phenoxy) is 4. The van der Waals surface area contributed by atoms with Crippen molar-refractivity contribution in [2.75, 3.05) is 7.11 Å². The summed E-state index contributed by atoms with van der Waals surface area (Å²) in [6.07, 6.45) is 4.31. The molecule has 3 aliphatic heterocycles. The van der Waals surface area contributed by atoms with Gasteiger partial charge < -0.3 is 39.6 Å². The molecular formula is C37H45NO12. The molecule has 1 amide bonds. The third kappa shape index (κ3) is 7.03. The van der Waals surface area contributed by atoms with Gasteiger partial charge in [-0.1, -0.05) is 45.9 Å². The van der Waals surface area contributed by atoms with E-state index in [0.717, 1.165) is 12.3 Å². The molecule has 1 aromatic carbocycles. The molecule has 9 atom stereocenters. The Labute approximate surface area is 290 Å². The summed E-state index contributed by atoms with van der Waals surface area (Å²) in [6, 6.07) is 0. The molecule has 4 N–H and O–H groups in total. The lowest BCUT2D eigenvalue weighted by molar-refractivity contribution is -0.160. The second-order valence-electron chi connectivity index (χ2n) is 13.4. The number of ketones is 3. The first-order valence-electron chi connectivity index (χ1n) is 16.4. The minimum absolute atomic E-state index is 0.00885. The Hall–Kier alpha value is -4.59. The largest absolute Gasteiger partial charge is 0.507 e. The fraction of sp³-hybridized carbons (Fsp3) is 0.486. The number of carbonyl (C=O) groups is 5. The van der Waals surface area contributed by atoms with Gasteiger partial charge in [-0.15, -0.1) is 0 Å². The SMILES string of the molecule is CO[C@H]1C=CO[C@@]2(C)Oc3c(C)c(O)c4c(c3C2=O)C(=O)C=C(NC(=O)C(C)=CC=C[C@H](C)[C@H](O)[C@H](C)[C@@H](O)[C@@H](C)[C@H](OC(C)=O)[C@@H]1C)C4=O. The molecule has 1 aromatic rings. The molecule has 0 fully saturated rings. The van der Waals surface area contributed by atoms with E-state index in [-0.39, 0.29) is 28.0 Å². The van der Waals surface area contributed by atoms with Crippen molar-refractivity contribution < 1.29 is 58.2 Å². The summed E-state index contributed by atoms with van der Waals surface area (Å²) < 4.78 is 23.1. The number of aliphatic hydroxyl groups excluding tert-OH is 2. The number of esters is 1. The molecule has 13 nitrogen and oxygen atoms in total. The van der Waals surface area contributed by atoms with Gasteiger partial charge in [-0.05, 0) is 19.9 Å². The number of fused-ring (bicyclic) bond motifs is 14. The molecule has 0 spiro atoms. The number of methoxy groups -OCH3 is 1. The molecule has 13 heteroatoms. The highest BCUT2D eigenvalue weighted by Crippen LogP contribution is 2.47. The molecule has 4 aliphatic rings. The van der Waals surface area contributed by atoms with E-state index in [1.807, 2.05) is 0 Å². The predicted octanol–water partition coefficient (Wildman–Crippen LogP) is 3.63. The molecule has 0 radical (unpaired) electrons. The zero-order chi connectivity index (χ0) is 37.4. The lowest BCUT2D eigenvalue weighted by Crippen LogP contribution is -2.46. The molecular weight excluding hydrogens is 650 g/mol. The highest BCUT2D eigenvalue weighted by atomic mass is 16.7. The van der Waals surface area contributed by atoms with E-state index in [9.17, 15) is 39.3 Å². The van der Waals surface area contributed by atoms with Crippen LogP contribution in [0.1, 0.15) is 85.1 Å². The van der Waals surface area contributed by atoms with Gasteiger partial charge in [0.15, 0.2) is 5.78 Å². The zero-order valence-electron chi connectivity index (χ0n) is 29.6. The molecule has 270 valence electrons. The van der Waals surface area contributed by atoms with Crippen LogP contribution in [0.2, 0.25) is 0 Å². The summed E-state index contributed by atoms with van der Waals surface area (Å²) >= 11 is 0. The second kappa shape index (κ2) is 14.7. The number of nitrogens with one attached hydrogen (secondary N) is 1. The lowest BCUT2D eigenvalue weighted by atomic mass is 9.78. The summed E-state index contributed by atoms with van der Waals surface area (Å²) in [7, 11) is 1.42. The Morgan fingerprint density at radius 3 is 2.22 bits per heavy atom. The maximum absolute atomic E-state index is 13.9. The third-order valence-electron chi connectivity index (χ3n) is 9.80. The van der Waals surface area contributed by atoms with Crippen molar-refractivity contribution in [2.45, 2.75) is 85.6 Å². The molecule has 5 rings (SSSR count). The molecule has 5 bridgehead atoms. The van der Waals surface area contributed by atoms with Crippen LogP contribution in [0.3, 0.4) is 0 Å². The van der Waals surface area contributed by atoms with E-state index < -0.39 is 100 Å². The van der Waals surface area contributed by atoms with Crippen LogP contribution >= 0.6 is 0 Å². The van der Waals surface area contributed by atoms with Crippen molar-refractivity contribution in [3.63, 3.8) is 0 Å². The maximum Gasteiger partial charge on any atom is 0.312 e. The summed E-state index contributed by atoms with van der Waals surface area (Å²) in [5.41, 5.74) is -1.31. The van der Waals surface area contributed by atoms with Gasteiger partial charge in [0, 0.05) is 61.8 Å². The number of amides is 1. The second-order valence-corrected chi connectivity index (χ2v) is 13.4. The first kappa shape index (κ1) is 38.2. The van der Waals surface area contributed by atoms with Crippen LogP contribution in [0, 0.1) is 30.6 Å². The van der Waals surface area contributed by atoms with E-state index in [1.54, 1.807) is 39.8 Å². The topological polar surface area (TPSA) is 195 Å². The number of phenols is 1. The van der Waals surface area contributed by atoms with Crippen molar-refractivity contribution in [1.29, 1.82) is 0 Å². The minimum atomic E-state index is -2.03. The van der Waals surface area contributed by atoms with Crippen LogP contribution in [-0.2, 0) is 23.8 Å². The van der Waals surface area contributed by atoms with Gasteiger partial charge in [-0.2, -0.15) is 0 Å². The maximum atomic E-state index is 13.9. The first-order chi connectivity index (χ1) is 23.4. The van der Waals surface area contributed by atoms with Crippen LogP contribution in [0.15, 0.2) is 47.9 Å². The van der Waals surface area contributed by atoms with Gasteiger partial charge in [-0.25, -0.2) is 0 Å². The van der Waals surface area contributed by atoms with Gasteiger partial charge >= 0.3 is 11.8 Å². The molecule has 50 heavy (non-hydrogen) atoms. The summed E-state index contributed by atoms with van der Waals surface area (Å²) in [5, 5.41) is 36.1. The summed E-state index contributed by atoms with van der Waals surface area (Å²) in [4.78, 5) is 66.2. The minimum Gasteiger partial charge on any atom is -0.507 e. The fourth-order valence-electron chi connectivity index (χ4n) is 6.62. The quantitative estimate of drug-likeness (QED) is 0.329. The number of allylic oxidation sites excluding steroid dienone is 4. The highest BCUT2D eigenvalue weighted by Gasteiger charge is 2.51. The van der Waals surface area contributed by atoms with Gasteiger partial charge in [-0.3, -0.25) is 24.0 Å². The number of aromatic hydroxyl groups is 1. The zero-order valence-corrected chi connectivity index (χ0v) is 29.6. The van der Waals surface area contributed by atoms with Gasteiger partial charge in [0.1, 0.15) is 17.6 Å². The van der Waals surface area contributed by atoms with Crippen LogP contribution in [0.4, 0.5) is 0 Å². The lowest BCUT2D eigenvalue weighted by Gasteiger charge is -2.38. The van der Waals surface area contributed by atoms with Crippen molar-refractivity contribution in [3.8, 4) is 11.5 Å². The van der Waals surface area contributed by atoms with E-state index in [1.165, 1.54) is 47.0 Å². The Bertz CT molecular complexity index is 1720. The van der Waals surface area contributed by atoms with Crippen LogP contribution in [0.5, 0.6) is 11.5 Å². The van der Waals surface area contributed by atoms with Crippen molar-refractivity contribution in [3.05, 3.63) is 70.2 Å². The number of aliphatic hydroxyl groups is 2. The molecule has 3 heterocycles. The number of Topliss-reactive ketones (excluding diaryl/α,β-unsaturated/α-hetero) is 2. The Morgan fingerprint density at radius 1 is 0.940 bits per heavy atom. The van der Waals surface area contributed by atoms with Gasteiger partial charge in [0.2, 0.25) is 5.78 Å². The monoisotopic (exact) mass is 695 g/mol. The summed E-state index contributed by atoms with van der Waals surface area (Å²) in [6.45, 7) is 12.3. The van der Waals surface area contributed by atoms with Gasteiger partial charge in [0.25, 0.3) is 11.7 Å². The molecule has 0 aromatic heterocycles. The molecule has 1 aliphatic carbocycles. The average Bonchev–Trinajstić information content (AvgIpc) is 3.33. The third-order valence-corrected chi connectivity index (χ3v) is 9.80. The van der Waals surface area contributed by atoms with Crippen LogP contribution in [0.25, 0.3) is 0 Å². The Morgan fingerprint density at radius 2 is 1.60 bits per heavy atom. The van der Waals surface area contributed by atoms with E-state index >= 15 is 0 Å². The average molecular weight is 696 g/mol. The smallest absolute Gasteiger partial charge is 0.312 e. The van der Waals surface area contributed by atoms with E-state index in [2.05, 4.69) is 5.32 Å². The number of hydrogen-bond donors (Lipinski definition) is 4.